The van der Waals surface area contributed by atoms with Gasteiger partial charge in [0, 0.05) is 19.2 Å². The summed E-state index contributed by atoms with van der Waals surface area (Å²) in [5, 5.41) is 4.56. The van der Waals surface area contributed by atoms with E-state index in [4.69, 9.17) is 14.0 Å². The zero-order valence-electron chi connectivity index (χ0n) is 18.1. The smallest absolute Gasteiger partial charge is 0.293 e. The molecule has 0 spiro atoms. The van der Waals surface area contributed by atoms with Crippen molar-refractivity contribution >= 4 is 29.4 Å². The fourth-order valence-electron chi connectivity index (χ4n) is 1.26. The van der Waals surface area contributed by atoms with Crippen LogP contribution in [0.1, 0.15) is 41.0 Å². The number of carbonyl (C=O) groups is 2. The Morgan fingerprint density at radius 2 is 1.63 bits per heavy atom. The Kier molecular flexibility index (Phi) is 26.1. The number of hydrogen-bond donors (Lipinski definition) is 3. The normalized spacial score (nSPS) is 11.1. The van der Waals surface area contributed by atoms with Crippen LogP contribution in [-0.2, 0) is 38.7 Å². The Morgan fingerprint density at radius 1 is 1.10 bits per heavy atom. The Morgan fingerprint density at radius 3 is 1.97 bits per heavy atom. The van der Waals surface area contributed by atoms with Gasteiger partial charge in [0.1, 0.15) is 5.60 Å². The molecule has 2 amide bonds. The number of rotatable bonds is 14. The minimum Gasteiger partial charge on any atom is -0.527 e. The average molecular weight is 701 g/mol. The maximum absolute atomic E-state index is 10.1. The van der Waals surface area contributed by atoms with Gasteiger partial charge in [-0.3, -0.25) is 14.1 Å². The Labute approximate surface area is 173 Å². The first kappa shape index (κ1) is 34.7. The third-order valence-corrected chi connectivity index (χ3v) is 3.28. The van der Waals surface area contributed by atoms with Crippen LogP contribution in [0.5, 0.6) is 0 Å². The van der Waals surface area contributed by atoms with E-state index in [1.807, 2.05) is 20.8 Å². The third-order valence-electron chi connectivity index (χ3n) is 2.36. The molecule has 0 saturated heterocycles. The summed E-state index contributed by atoms with van der Waals surface area (Å²) < 4.78 is 43.3. The Balaban J connectivity index is -0.000000172. The minimum absolute atomic E-state index is 0. The van der Waals surface area contributed by atoms with Crippen LogP contribution in [0.2, 0.25) is 0 Å². The number of ether oxygens (including phenoxy) is 3. The van der Waals surface area contributed by atoms with Gasteiger partial charge in [0.2, 0.25) is 6.41 Å². The van der Waals surface area contributed by atoms with Gasteiger partial charge in [0.15, 0.2) is 0 Å². The molecule has 3 N–H and O–H groups in total. The van der Waals surface area contributed by atoms with Crippen molar-refractivity contribution in [2.45, 2.75) is 52.7 Å². The van der Waals surface area contributed by atoms with E-state index in [9.17, 15) is 22.8 Å². The maximum atomic E-state index is 10.1. The summed E-state index contributed by atoms with van der Waals surface area (Å²) >= 11 is 0. The molecule has 186 valence electrons. The molecule has 30 heavy (non-hydrogen) atoms. The summed E-state index contributed by atoms with van der Waals surface area (Å²) in [6, 6.07) is -0.604. The van der Waals surface area contributed by atoms with Crippen LogP contribution in [0.25, 0.3) is 0 Å². The fraction of sp³-hybridized carbons (Fsp3) is 0.824. The quantitative estimate of drug-likeness (QED) is 0.0750. The van der Waals surface area contributed by atoms with Crippen LogP contribution in [0, 0.1) is 0 Å². The van der Waals surface area contributed by atoms with Crippen LogP contribution >= 0.6 is 0 Å². The molecule has 0 aliphatic rings. The van der Waals surface area contributed by atoms with Crippen LogP contribution in [0.15, 0.2) is 0 Å². The van der Waals surface area contributed by atoms with Crippen LogP contribution in [0.3, 0.4) is 0 Å². The van der Waals surface area contributed by atoms with Crippen molar-refractivity contribution in [2.75, 3.05) is 38.7 Å². The van der Waals surface area contributed by atoms with Crippen molar-refractivity contribution in [2.24, 2.45) is 0 Å². The van der Waals surface area contributed by atoms with Crippen molar-refractivity contribution in [3.05, 3.63) is 0 Å². The van der Waals surface area contributed by atoms with Crippen molar-refractivity contribution in [3.8, 4) is 0 Å². The van der Waals surface area contributed by atoms with Gasteiger partial charge in [-0.25, -0.2) is 0 Å². The van der Waals surface area contributed by atoms with E-state index in [2.05, 4.69) is 22.3 Å². The standard InChI is InChI=1S/C8H17NO3.C5H10O2.C4H8NO4S.Fm/c1-2-4-11-6-7-12-5-3-9-8-10;1-5(2,3)7-4-6;1-4(5-3-6)2-10(7,8)9;/h8H,2-7H2,1H3,(H,9,10);4H,1-3H3;4H,2H2,1H3,(H,5,6)(H,7,8,9);/q;;-1;. The van der Waals surface area contributed by atoms with Gasteiger partial charge in [-0.2, -0.15) is 14.8 Å². The molecule has 0 aromatic carbocycles. The molecular weight excluding hydrogens is 665 g/mol. The number of amides is 2. The van der Waals surface area contributed by atoms with Gasteiger partial charge in [0.25, 0.3) is 16.6 Å². The zero-order chi connectivity index (χ0) is 23.2. The Hall–Kier alpha value is -2.76. The molecule has 1 atom stereocenters. The van der Waals surface area contributed by atoms with Crippen molar-refractivity contribution in [3.63, 3.8) is 0 Å². The van der Waals surface area contributed by atoms with Crippen molar-refractivity contribution in [1.82, 2.24) is 10.6 Å². The van der Waals surface area contributed by atoms with Gasteiger partial charge < -0.3 is 29.6 Å². The summed E-state index contributed by atoms with van der Waals surface area (Å²) in [6.45, 7) is 12.6. The third kappa shape index (κ3) is 44.6. The molecule has 0 saturated carbocycles. The summed E-state index contributed by atoms with van der Waals surface area (Å²) in [4.78, 5) is 29.0. The predicted molar refractivity (Wildman–Crippen MR) is 108 cm³/mol. The number of carbonyl (C=O) groups excluding carboxylic acids is 3. The molecule has 0 rings (SSSR count). The first-order valence-electron chi connectivity index (χ1n) is 8.95. The second-order valence-electron chi connectivity index (χ2n) is 6.52. The monoisotopic (exact) mass is 700 g/mol. The average Bonchev–Trinajstić information content (AvgIpc) is 2.56. The molecule has 11 nitrogen and oxygen atoms in total. The molecule has 0 heterocycles. The van der Waals surface area contributed by atoms with E-state index in [0.717, 1.165) is 13.0 Å². The molecule has 0 aromatic heterocycles. The maximum Gasteiger partial charge on any atom is 0.293 e. The van der Waals surface area contributed by atoms with Gasteiger partial charge in [0.05, 0.1) is 25.6 Å². The van der Waals surface area contributed by atoms with E-state index in [0.29, 0.717) is 39.2 Å². The molecule has 13 heteroatoms. The minimum atomic E-state index is -3.99. The summed E-state index contributed by atoms with van der Waals surface area (Å²) in [5.74, 6) is -0.484. The van der Waals surface area contributed by atoms with Crippen LogP contribution < -0.4 is 10.6 Å². The molecule has 0 bridgehead atoms. The fourth-order valence-corrected chi connectivity index (χ4v) is 1.97. The first-order chi connectivity index (χ1) is 13.4. The zero-order valence-corrected chi connectivity index (χ0v) is 21.3. The van der Waals surface area contributed by atoms with Gasteiger partial charge in [-0.05, 0) is 34.1 Å². The number of nitrogens with one attached hydrogen (secondary N) is 2. The topological polar surface area (TPSA) is 157 Å². The summed E-state index contributed by atoms with van der Waals surface area (Å²) in [7, 11) is -3.99. The van der Waals surface area contributed by atoms with Gasteiger partial charge in [-0.1, -0.05) is 6.92 Å². The largest absolute Gasteiger partial charge is 0.527 e. The van der Waals surface area contributed by atoms with E-state index in [1.165, 1.54) is 13.3 Å². The molecule has 0 aromatic rings. The second-order valence-corrected chi connectivity index (χ2v) is 8.02. The number of hydrogen-bond acceptors (Lipinski definition) is 8. The SMILES string of the molecule is CC(C)(C)OC=O.CC(CS(=O)(=O)O)N[C-]=O.CCCOCCOCCNC=O.[Fm]. The molecule has 0 aliphatic carbocycles. The molecule has 1 unspecified atom stereocenters. The summed E-state index contributed by atoms with van der Waals surface area (Å²) in [6.07, 6.45) is 3.01. The second kappa shape index (κ2) is 22.5. The summed E-state index contributed by atoms with van der Waals surface area (Å²) in [5.41, 5.74) is -0.318. The Bertz CT molecular complexity index is 500. The van der Waals surface area contributed by atoms with E-state index < -0.39 is 21.9 Å². The first-order valence-corrected chi connectivity index (χ1v) is 10.6. The van der Waals surface area contributed by atoms with E-state index >= 15 is 0 Å². The van der Waals surface area contributed by atoms with Crippen molar-refractivity contribution < 1.29 is 41.6 Å². The van der Waals surface area contributed by atoms with Crippen LogP contribution in [-0.4, -0.2) is 82.6 Å². The van der Waals surface area contributed by atoms with Gasteiger partial charge >= 0.3 is 0 Å². The molecule has 0 radical (unpaired) electrons. The van der Waals surface area contributed by atoms with Crippen LogP contribution in [0.4, 0.5) is 0 Å². The molecule has 0 fully saturated rings. The van der Waals surface area contributed by atoms with Gasteiger partial charge in [-0.15, -0.1) is 0 Å². The van der Waals surface area contributed by atoms with E-state index in [-0.39, 0.29) is 5.60 Å². The predicted octanol–water partition coefficient (Wildman–Crippen LogP) is 0.0530. The molecule has 0 aliphatic heterocycles. The van der Waals surface area contributed by atoms with E-state index in [1.54, 1.807) is 0 Å². The molecular formula is C17H35FmN2O9S-. The van der Waals surface area contributed by atoms with Crippen molar-refractivity contribution in [1.29, 1.82) is 0 Å².